The van der Waals surface area contributed by atoms with Gasteiger partial charge in [0.25, 0.3) is 0 Å². The van der Waals surface area contributed by atoms with Crippen molar-refractivity contribution in [3.05, 3.63) is 35.6 Å². The molecule has 0 saturated carbocycles. The van der Waals surface area contributed by atoms with Crippen molar-refractivity contribution in [1.82, 2.24) is 4.90 Å². The summed E-state index contributed by atoms with van der Waals surface area (Å²) in [6.45, 7) is 5.29. The Morgan fingerprint density at radius 2 is 1.93 bits per heavy atom. The molecule has 0 heterocycles. The molecule has 0 amide bonds. The molecule has 0 aromatic heterocycles. The van der Waals surface area contributed by atoms with Crippen molar-refractivity contribution in [3.63, 3.8) is 0 Å². The van der Waals surface area contributed by atoms with E-state index in [1.807, 2.05) is 12.1 Å². The number of hydrogen-bond acceptors (Lipinski definition) is 1. The van der Waals surface area contributed by atoms with E-state index in [4.69, 9.17) is 0 Å². The minimum absolute atomic E-state index is 0.0829. The fraction of sp³-hybridized carbons (Fsp3) is 0.538. The van der Waals surface area contributed by atoms with Gasteiger partial charge in [-0.25, -0.2) is 4.39 Å². The van der Waals surface area contributed by atoms with Gasteiger partial charge in [0.15, 0.2) is 0 Å². The van der Waals surface area contributed by atoms with E-state index in [9.17, 15) is 4.39 Å². The number of halogens is 1. The highest BCUT2D eigenvalue weighted by molar-refractivity contribution is 5.18. The largest absolute Gasteiger partial charge is 0.303 e. The van der Waals surface area contributed by atoms with Crippen molar-refractivity contribution < 1.29 is 4.39 Å². The second kappa shape index (κ2) is 5.86. The van der Waals surface area contributed by atoms with Crippen molar-refractivity contribution in [2.24, 2.45) is 0 Å². The van der Waals surface area contributed by atoms with Gasteiger partial charge >= 0.3 is 0 Å². The van der Waals surface area contributed by atoms with Crippen molar-refractivity contribution in [3.8, 4) is 0 Å². The van der Waals surface area contributed by atoms with E-state index in [0.29, 0.717) is 6.04 Å². The van der Waals surface area contributed by atoms with E-state index < -0.39 is 0 Å². The van der Waals surface area contributed by atoms with Crippen LogP contribution in [0.25, 0.3) is 0 Å². The molecule has 2 heteroatoms. The van der Waals surface area contributed by atoms with Gasteiger partial charge in [-0.2, -0.15) is 0 Å². The maximum Gasteiger partial charge on any atom is 0.126 e. The molecule has 1 nitrogen and oxygen atoms in total. The third-order valence-electron chi connectivity index (χ3n) is 3.01. The van der Waals surface area contributed by atoms with E-state index >= 15 is 0 Å². The van der Waals surface area contributed by atoms with Crippen molar-refractivity contribution in [2.75, 3.05) is 13.6 Å². The summed E-state index contributed by atoms with van der Waals surface area (Å²) < 4.78 is 13.4. The number of rotatable bonds is 5. The average Bonchev–Trinajstić information content (AvgIpc) is 2.27. The third-order valence-corrected chi connectivity index (χ3v) is 3.01. The highest BCUT2D eigenvalue weighted by atomic mass is 19.1. The lowest BCUT2D eigenvalue weighted by molar-refractivity contribution is 0.244. The minimum Gasteiger partial charge on any atom is -0.303 e. The van der Waals surface area contributed by atoms with E-state index in [2.05, 4.69) is 25.8 Å². The molecule has 1 unspecified atom stereocenters. The maximum atomic E-state index is 13.4. The van der Waals surface area contributed by atoms with Gasteiger partial charge in [0.1, 0.15) is 5.82 Å². The zero-order chi connectivity index (χ0) is 11.3. The van der Waals surface area contributed by atoms with Gasteiger partial charge in [0.05, 0.1) is 0 Å². The monoisotopic (exact) mass is 209 g/mol. The number of hydrogen-bond donors (Lipinski definition) is 0. The Hall–Kier alpha value is -0.890. The number of nitrogens with zero attached hydrogens (tertiary/aromatic N) is 1. The summed E-state index contributed by atoms with van der Waals surface area (Å²) in [5.41, 5.74) is 0.824. The summed E-state index contributed by atoms with van der Waals surface area (Å²) in [4.78, 5) is 2.27. The fourth-order valence-electron chi connectivity index (χ4n) is 1.79. The van der Waals surface area contributed by atoms with Crippen LogP contribution in [-0.4, -0.2) is 24.5 Å². The van der Waals surface area contributed by atoms with Gasteiger partial charge in [-0.1, -0.05) is 32.0 Å². The Labute approximate surface area is 91.9 Å². The van der Waals surface area contributed by atoms with E-state index in [1.165, 1.54) is 6.07 Å². The molecule has 0 aliphatic carbocycles. The zero-order valence-corrected chi connectivity index (χ0v) is 9.83. The van der Waals surface area contributed by atoms with Gasteiger partial charge in [-0.05, 0) is 38.1 Å². The summed E-state index contributed by atoms with van der Waals surface area (Å²) in [6, 6.07) is 7.49. The van der Waals surface area contributed by atoms with E-state index in [0.717, 1.165) is 24.9 Å². The highest BCUT2D eigenvalue weighted by Crippen LogP contribution is 2.13. The molecule has 1 atom stereocenters. The van der Waals surface area contributed by atoms with Crippen LogP contribution in [0.1, 0.15) is 25.8 Å². The molecule has 0 aliphatic rings. The molecule has 0 spiro atoms. The Balaban J connectivity index is 2.71. The second-order valence-corrected chi connectivity index (χ2v) is 3.93. The summed E-state index contributed by atoms with van der Waals surface area (Å²) in [7, 11) is 2.09. The van der Waals surface area contributed by atoms with Crippen LogP contribution in [0.4, 0.5) is 4.39 Å². The maximum absolute atomic E-state index is 13.4. The van der Waals surface area contributed by atoms with Crippen LogP contribution >= 0.6 is 0 Å². The number of benzene rings is 1. The summed E-state index contributed by atoms with van der Waals surface area (Å²) >= 11 is 0. The van der Waals surface area contributed by atoms with Crippen LogP contribution in [0.5, 0.6) is 0 Å². The van der Waals surface area contributed by atoms with Gasteiger partial charge in [0.2, 0.25) is 0 Å². The average molecular weight is 209 g/mol. The van der Waals surface area contributed by atoms with Crippen molar-refractivity contribution in [1.29, 1.82) is 0 Å². The van der Waals surface area contributed by atoms with Crippen LogP contribution in [0, 0.1) is 5.82 Å². The predicted molar refractivity (Wildman–Crippen MR) is 62.5 cm³/mol. The molecule has 0 N–H and O–H groups in total. The highest BCUT2D eigenvalue weighted by Gasteiger charge is 2.13. The van der Waals surface area contributed by atoms with Crippen LogP contribution < -0.4 is 0 Å². The Kier molecular flexibility index (Phi) is 4.76. The topological polar surface area (TPSA) is 3.24 Å². The van der Waals surface area contributed by atoms with E-state index in [1.54, 1.807) is 6.07 Å². The lowest BCUT2D eigenvalue weighted by atomic mass is 10.0. The molecule has 0 fully saturated rings. The third kappa shape index (κ3) is 3.31. The van der Waals surface area contributed by atoms with E-state index in [-0.39, 0.29) is 5.82 Å². The first-order valence-electron chi connectivity index (χ1n) is 5.62. The Bertz CT molecular complexity index is 298. The smallest absolute Gasteiger partial charge is 0.126 e. The SMILES string of the molecule is CCC(Cc1ccccc1F)N(C)CC. The normalized spacial score (nSPS) is 13.1. The fourth-order valence-corrected chi connectivity index (χ4v) is 1.79. The van der Waals surface area contributed by atoms with Gasteiger partial charge in [0, 0.05) is 6.04 Å². The van der Waals surface area contributed by atoms with Crippen molar-refractivity contribution >= 4 is 0 Å². The lowest BCUT2D eigenvalue weighted by Crippen LogP contribution is -2.32. The van der Waals surface area contributed by atoms with Crippen molar-refractivity contribution in [2.45, 2.75) is 32.7 Å². The minimum atomic E-state index is -0.0829. The Morgan fingerprint density at radius 1 is 1.27 bits per heavy atom. The van der Waals surface area contributed by atoms with Crippen LogP contribution in [0.15, 0.2) is 24.3 Å². The molecule has 1 aromatic rings. The molecular formula is C13H20FN. The standard InChI is InChI=1S/C13H20FN/c1-4-12(15(3)5-2)10-11-8-6-7-9-13(11)14/h6-9,12H,4-5,10H2,1-3H3. The number of likely N-dealkylation sites (N-methyl/N-ethyl adjacent to an activating group) is 1. The van der Waals surface area contributed by atoms with Crippen LogP contribution in [-0.2, 0) is 6.42 Å². The van der Waals surface area contributed by atoms with Gasteiger partial charge in [-0.3, -0.25) is 0 Å². The summed E-state index contributed by atoms with van der Waals surface area (Å²) in [5.74, 6) is -0.0829. The molecule has 84 valence electrons. The van der Waals surface area contributed by atoms with Crippen LogP contribution in [0.3, 0.4) is 0 Å². The molecule has 1 aromatic carbocycles. The first kappa shape index (κ1) is 12.2. The predicted octanol–water partition coefficient (Wildman–Crippen LogP) is 3.10. The van der Waals surface area contributed by atoms with Crippen LogP contribution in [0.2, 0.25) is 0 Å². The summed E-state index contributed by atoms with van der Waals surface area (Å²) in [6.07, 6.45) is 1.85. The molecular weight excluding hydrogens is 189 g/mol. The van der Waals surface area contributed by atoms with Gasteiger partial charge in [-0.15, -0.1) is 0 Å². The quantitative estimate of drug-likeness (QED) is 0.720. The summed E-state index contributed by atoms with van der Waals surface area (Å²) in [5, 5.41) is 0. The first-order chi connectivity index (χ1) is 7.19. The first-order valence-corrected chi connectivity index (χ1v) is 5.62. The van der Waals surface area contributed by atoms with Gasteiger partial charge < -0.3 is 4.90 Å². The molecule has 0 saturated heterocycles. The lowest BCUT2D eigenvalue weighted by Gasteiger charge is -2.25. The zero-order valence-electron chi connectivity index (χ0n) is 9.83. The molecule has 0 bridgehead atoms. The molecule has 0 aliphatic heterocycles. The molecule has 0 radical (unpaired) electrons. The second-order valence-electron chi connectivity index (χ2n) is 3.93. The molecule has 15 heavy (non-hydrogen) atoms. The Morgan fingerprint density at radius 3 is 2.47 bits per heavy atom. The molecule has 1 rings (SSSR count).